The minimum absolute atomic E-state index is 0.108. The summed E-state index contributed by atoms with van der Waals surface area (Å²) in [5, 5.41) is 0. The Morgan fingerprint density at radius 2 is 1.65 bits per heavy atom. The summed E-state index contributed by atoms with van der Waals surface area (Å²) in [5.41, 5.74) is 2.27. The Balaban J connectivity index is 1.77. The van der Waals surface area contributed by atoms with E-state index in [1.165, 1.54) is 0 Å². The van der Waals surface area contributed by atoms with Gasteiger partial charge in [0.05, 0.1) is 13.2 Å². The van der Waals surface area contributed by atoms with Crippen LogP contribution in [0.5, 0.6) is 5.75 Å². The number of rotatable bonds is 9. The third-order valence-electron chi connectivity index (χ3n) is 3.56. The number of carbonyl (C=O) groups is 1. The number of hydrogen-bond acceptors (Lipinski definition) is 3. The fraction of sp³-hybridized carbons (Fsp3) is 0.350. The topological polar surface area (TPSA) is 35.5 Å². The van der Waals surface area contributed by atoms with Crippen molar-refractivity contribution in [3.63, 3.8) is 0 Å². The molecule has 0 N–H and O–H groups in total. The van der Waals surface area contributed by atoms with E-state index in [2.05, 4.69) is 18.2 Å². The highest BCUT2D eigenvalue weighted by molar-refractivity contribution is 5.70. The van der Waals surface area contributed by atoms with Crippen LogP contribution in [0.25, 0.3) is 11.1 Å². The van der Waals surface area contributed by atoms with Crippen LogP contribution in [0.15, 0.2) is 54.6 Å². The third kappa shape index (κ3) is 5.78. The molecule has 0 saturated heterocycles. The van der Waals surface area contributed by atoms with Gasteiger partial charge in [0, 0.05) is 12.0 Å². The van der Waals surface area contributed by atoms with Gasteiger partial charge in [-0.05, 0) is 37.8 Å². The molecule has 0 fully saturated rings. The quantitative estimate of drug-likeness (QED) is 0.490. The van der Waals surface area contributed by atoms with E-state index in [1.54, 1.807) is 0 Å². The largest absolute Gasteiger partial charge is 0.493 e. The fourth-order valence-corrected chi connectivity index (χ4v) is 2.41. The summed E-state index contributed by atoms with van der Waals surface area (Å²) in [7, 11) is 0. The standard InChI is InChI=1S/C20H24O3/c1-2-22-20(21)15-7-4-10-16-23-19-14-9-8-13-18(19)17-11-5-3-6-12-17/h3,5-6,8-9,11-14H,2,4,7,10,15-16H2,1H3. The molecule has 0 spiro atoms. The summed E-state index contributed by atoms with van der Waals surface area (Å²) in [5.74, 6) is 0.798. The summed E-state index contributed by atoms with van der Waals surface area (Å²) in [6.07, 6.45) is 3.24. The van der Waals surface area contributed by atoms with Gasteiger partial charge in [-0.3, -0.25) is 4.79 Å². The van der Waals surface area contributed by atoms with E-state index in [0.717, 1.165) is 36.1 Å². The van der Waals surface area contributed by atoms with Gasteiger partial charge in [0.25, 0.3) is 0 Å². The molecule has 122 valence electrons. The molecule has 0 atom stereocenters. The summed E-state index contributed by atoms with van der Waals surface area (Å²) < 4.78 is 10.8. The Hall–Kier alpha value is -2.29. The number of unbranched alkanes of at least 4 members (excludes halogenated alkanes) is 2. The van der Waals surface area contributed by atoms with E-state index < -0.39 is 0 Å². The maximum Gasteiger partial charge on any atom is 0.305 e. The van der Waals surface area contributed by atoms with Gasteiger partial charge >= 0.3 is 5.97 Å². The average Bonchev–Trinajstić information content (AvgIpc) is 2.59. The molecular formula is C20H24O3. The second kappa shape index (κ2) is 9.67. The molecule has 0 radical (unpaired) electrons. The van der Waals surface area contributed by atoms with E-state index in [4.69, 9.17) is 9.47 Å². The molecule has 0 amide bonds. The lowest BCUT2D eigenvalue weighted by Crippen LogP contribution is -2.04. The smallest absolute Gasteiger partial charge is 0.305 e. The van der Waals surface area contributed by atoms with Crippen LogP contribution in [-0.2, 0) is 9.53 Å². The van der Waals surface area contributed by atoms with Crippen molar-refractivity contribution in [1.82, 2.24) is 0 Å². The van der Waals surface area contributed by atoms with Crippen molar-refractivity contribution in [1.29, 1.82) is 0 Å². The van der Waals surface area contributed by atoms with Crippen LogP contribution in [0.3, 0.4) is 0 Å². The first-order chi connectivity index (χ1) is 11.3. The maximum atomic E-state index is 11.2. The lowest BCUT2D eigenvalue weighted by Gasteiger charge is -2.11. The van der Waals surface area contributed by atoms with Crippen LogP contribution in [0.2, 0.25) is 0 Å². The van der Waals surface area contributed by atoms with Gasteiger partial charge < -0.3 is 9.47 Å². The van der Waals surface area contributed by atoms with Crippen molar-refractivity contribution >= 4 is 5.97 Å². The molecule has 0 bridgehead atoms. The molecule has 0 unspecified atom stereocenters. The van der Waals surface area contributed by atoms with Crippen LogP contribution < -0.4 is 4.74 Å². The van der Waals surface area contributed by atoms with Gasteiger partial charge in [0.15, 0.2) is 0 Å². The zero-order chi connectivity index (χ0) is 16.3. The lowest BCUT2D eigenvalue weighted by atomic mass is 10.1. The minimum Gasteiger partial charge on any atom is -0.493 e. The van der Waals surface area contributed by atoms with Crippen molar-refractivity contribution in [3.05, 3.63) is 54.6 Å². The molecule has 0 aliphatic rings. The molecule has 0 aromatic heterocycles. The van der Waals surface area contributed by atoms with Crippen molar-refractivity contribution in [2.45, 2.75) is 32.6 Å². The monoisotopic (exact) mass is 312 g/mol. The number of para-hydroxylation sites is 1. The highest BCUT2D eigenvalue weighted by Gasteiger charge is 2.05. The number of ether oxygens (including phenoxy) is 2. The van der Waals surface area contributed by atoms with Gasteiger partial charge in [-0.25, -0.2) is 0 Å². The zero-order valence-corrected chi connectivity index (χ0v) is 13.7. The van der Waals surface area contributed by atoms with Crippen LogP contribution in [0, 0.1) is 0 Å². The summed E-state index contributed by atoms with van der Waals surface area (Å²) >= 11 is 0. The predicted molar refractivity (Wildman–Crippen MR) is 92.5 cm³/mol. The van der Waals surface area contributed by atoms with Crippen LogP contribution in [0.4, 0.5) is 0 Å². The van der Waals surface area contributed by atoms with E-state index in [0.29, 0.717) is 19.6 Å². The lowest BCUT2D eigenvalue weighted by molar-refractivity contribution is -0.143. The summed E-state index contributed by atoms with van der Waals surface area (Å²) in [6.45, 7) is 2.95. The Labute approximate surface area is 138 Å². The van der Waals surface area contributed by atoms with Crippen molar-refractivity contribution in [2.75, 3.05) is 13.2 Å². The fourth-order valence-electron chi connectivity index (χ4n) is 2.41. The van der Waals surface area contributed by atoms with Gasteiger partial charge in [-0.1, -0.05) is 48.5 Å². The SMILES string of the molecule is CCOC(=O)CCCCCOc1ccccc1-c1ccccc1. The van der Waals surface area contributed by atoms with E-state index in [9.17, 15) is 4.79 Å². The number of hydrogen-bond donors (Lipinski definition) is 0. The first-order valence-electron chi connectivity index (χ1n) is 8.24. The predicted octanol–water partition coefficient (Wildman–Crippen LogP) is 4.86. The van der Waals surface area contributed by atoms with E-state index >= 15 is 0 Å². The van der Waals surface area contributed by atoms with Crippen LogP contribution in [0.1, 0.15) is 32.6 Å². The molecule has 3 heteroatoms. The van der Waals surface area contributed by atoms with Crippen molar-refractivity contribution in [2.24, 2.45) is 0 Å². The van der Waals surface area contributed by atoms with Crippen LogP contribution >= 0.6 is 0 Å². The Morgan fingerprint density at radius 1 is 0.913 bits per heavy atom. The zero-order valence-electron chi connectivity index (χ0n) is 13.7. The Bertz CT molecular complexity index is 593. The number of benzene rings is 2. The average molecular weight is 312 g/mol. The molecule has 2 aromatic carbocycles. The molecule has 0 aliphatic heterocycles. The molecule has 0 heterocycles. The summed E-state index contributed by atoms with van der Waals surface area (Å²) in [6, 6.07) is 18.3. The van der Waals surface area contributed by atoms with E-state index in [-0.39, 0.29) is 5.97 Å². The first-order valence-corrected chi connectivity index (χ1v) is 8.24. The molecule has 2 rings (SSSR count). The van der Waals surface area contributed by atoms with Crippen LogP contribution in [-0.4, -0.2) is 19.2 Å². The molecular weight excluding hydrogens is 288 g/mol. The van der Waals surface area contributed by atoms with E-state index in [1.807, 2.05) is 43.3 Å². The normalized spacial score (nSPS) is 10.3. The number of esters is 1. The first kappa shape index (κ1) is 17.1. The minimum atomic E-state index is -0.108. The molecule has 2 aromatic rings. The van der Waals surface area contributed by atoms with Gasteiger partial charge in [-0.2, -0.15) is 0 Å². The highest BCUT2D eigenvalue weighted by atomic mass is 16.5. The van der Waals surface area contributed by atoms with Crippen molar-refractivity contribution < 1.29 is 14.3 Å². The Morgan fingerprint density at radius 3 is 2.43 bits per heavy atom. The van der Waals surface area contributed by atoms with Gasteiger partial charge in [0.2, 0.25) is 0 Å². The molecule has 0 saturated carbocycles. The third-order valence-corrected chi connectivity index (χ3v) is 3.56. The van der Waals surface area contributed by atoms with Gasteiger partial charge in [0.1, 0.15) is 5.75 Å². The molecule has 0 aliphatic carbocycles. The summed E-state index contributed by atoms with van der Waals surface area (Å²) in [4.78, 5) is 11.2. The second-order valence-corrected chi connectivity index (χ2v) is 5.33. The Kier molecular flexibility index (Phi) is 7.18. The highest BCUT2D eigenvalue weighted by Crippen LogP contribution is 2.29. The second-order valence-electron chi connectivity index (χ2n) is 5.33. The number of carbonyl (C=O) groups excluding carboxylic acids is 1. The van der Waals surface area contributed by atoms with Gasteiger partial charge in [-0.15, -0.1) is 0 Å². The molecule has 23 heavy (non-hydrogen) atoms. The van der Waals surface area contributed by atoms with Crippen molar-refractivity contribution in [3.8, 4) is 16.9 Å². The molecule has 3 nitrogen and oxygen atoms in total. The maximum absolute atomic E-state index is 11.2.